The molecule has 0 unspecified atom stereocenters. The number of nitrogens with zero attached hydrogens (tertiary/aromatic N) is 4. The molecule has 7 nitrogen and oxygen atoms in total. The summed E-state index contributed by atoms with van der Waals surface area (Å²) < 4.78 is 11.4. The van der Waals surface area contributed by atoms with E-state index in [9.17, 15) is 15.8 Å². The minimum absolute atomic E-state index is 0.0268. The summed E-state index contributed by atoms with van der Waals surface area (Å²) in [6, 6.07) is 12.0. The van der Waals surface area contributed by atoms with Crippen molar-refractivity contribution in [1.29, 1.82) is 15.8 Å². The maximum atomic E-state index is 10.2. The van der Waals surface area contributed by atoms with Gasteiger partial charge in [0.15, 0.2) is 16.9 Å². The number of ether oxygens (including phenoxy) is 2. The smallest absolute Gasteiger partial charge is 0.191 e. The maximum absolute atomic E-state index is 10.2. The van der Waals surface area contributed by atoms with Gasteiger partial charge in [0.1, 0.15) is 6.07 Å². The van der Waals surface area contributed by atoms with Gasteiger partial charge in [0.05, 0.1) is 36.6 Å². The molecular weight excluding hydrogens is 390 g/mol. The summed E-state index contributed by atoms with van der Waals surface area (Å²) in [6.45, 7) is 8.07. The highest BCUT2D eigenvalue weighted by Crippen LogP contribution is 2.54. The molecule has 1 aliphatic carbocycles. The van der Waals surface area contributed by atoms with Crippen LogP contribution in [-0.4, -0.2) is 37.7 Å². The molecule has 0 fully saturated rings. The first-order valence-electron chi connectivity index (χ1n) is 10.4. The van der Waals surface area contributed by atoms with Gasteiger partial charge in [-0.25, -0.2) is 0 Å². The van der Waals surface area contributed by atoms with E-state index in [-0.39, 0.29) is 23.3 Å². The monoisotopic (exact) mass is 417 g/mol. The number of benzene rings is 1. The van der Waals surface area contributed by atoms with Gasteiger partial charge < -0.3 is 15.2 Å². The summed E-state index contributed by atoms with van der Waals surface area (Å²) in [5.41, 5.74) is 6.56. The third-order valence-electron chi connectivity index (χ3n) is 6.10. The zero-order chi connectivity index (χ0) is 22.8. The largest absolute Gasteiger partial charge is 0.493 e. The highest BCUT2D eigenvalue weighted by molar-refractivity contribution is 5.60. The summed E-state index contributed by atoms with van der Waals surface area (Å²) in [5.74, 6) is 0.337. The summed E-state index contributed by atoms with van der Waals surface area (Å²) in [5, 5.41) is 30.2. The van der Waals surface area contributed by atoms with Gasteiger partial charge >= 0.3 is 0 Å². The van der Waals surface area contributed by atoms with Crippen molar-refractivity contribution < 1.29 is 9.47 Å². The number of methoxy groups -OCH3 is 1. The van der Waals surface area contributed by atoms with Gasteiger partial charge in [-0.2, -0.15) is 15.8 Å². The second-order valence-corrected chi connectivity index (χ2v) is 8.10. The normalized spacial score (nSPS) is 22.6. The number of allylic oxidation sites excluding steroid dienone is 2. The molecule has 1 aliphatic heterocycles. The SMILES string of the molecule is CCN1CC=C2C(C#N)=C(N)C(C#N)(C#N)[C@H](c3ccc(OC(C)C)c(OC)c3)[C@H]2C1. The molecule has 2 atom stereocenters. The molecule has 2 N–H and O–H groups in total. The van der Waals surface area contributed by atoms with E-state index >= 15 is 0 Å². The second-order valence-electron chi connectivity index (χ2n) is 8.10. The first-order valence-corrected chi connectivity index (χ1v) is 10.4. The Bertz CT molecular complexity index is 1040. The van der Waals surface area contributed by atoms with E-state index in [1.807, 2.05) is 32.1 Å². The Hall–Kier alpha value is -3.47. The molecular formula is C24H27N5O2. The van der Waals surface area contributed by atoms with Crippen LogP contribution in [0, 0.1) is 45.3 Å². The van der Waals surface area contributed by atoms with Crippen molar-refractivity contribution in [3.8, 4) is 29.7 Å². The maximum Gasteiger partial charge on any atom is 0.191 e. The van der Waals surface area contributed by atoms with E-state index in [0.29, 0.717) is 24.6 Å². The number of nitriles is 3. The molecule has 0 saturated heterocycles. The Balaban J connectivity index is 2.26. The molecule has 1 aromatic carbocycles. The van der Waals surface area contributed by atoms with Crippen LogP contribution in [-0.2, 0) is 0 Å². The Morgan fingerprint density at radius 2 is 1.94 bits per heavy atom. The molecule has 160 valence electrons. The molecule has 3 rings (SSSR count). The Morgan fingerprint density at radius 3 is 2.48 bits per heavy atom. The van der Waals surface area contributed by atoms with Crippen LogP contribution in [0.2, 0.25) is 0 Å². The fourth-order valence-corrected chi connectivity index (χ4v) is 4.60. The van der Waals surface area contributed by atoms with E-state index < -0.39 is 11.3 Å². The first-order chi connectivity index (χ1) is 14.9. The molecule has 7 heteroatoms. The van der Waals surface area contributed by atoms with Crippen LogP contribution in [0.25, 0.3) is 0 Å². The Labute approximate surface area is 183 Å². The van der Waals surface area contributed by atoms with Gasteiger partial charge in [-0.3, -0.25) is 4.90 Å². The minimum Gasteiger partial charge on any atom is -0.493 e. The average Bonchev–Trinajstić information content (AvgIpc) is 2.78. The first kappa shape index (κ1) is 22.2. The van der Waals surface area contributed by atoms with Crippen molar-refractivity contribution in [1.82, 2.24) is 4.90 Å². The fourth-order valence-electron chi connectivity index (χ4n) is 4.60. The summed E-state index contributed by atoms with van der Waals surface area (Å²) >= 11 is 0. The lowest BCUT2D eigenvalue weighted by atomic mass is 9.58. The van der Waals surface area contributed by atoms with Crippen molar-refractivity contribution in [2.45, 2.75) is 32.8 Å². The van der Waals surface area contributed by atoms with E-state index in [4.69, 9.17) is 15.2 Å². The van der Waals surface area contributed by atoms with Crippen molar-refractivity contribution in [2.75, 3.05) is 26.7 Å². The van der Waals surface area contributed by atoms with E-state index in [0.717, 1.165) is 17.7 Å². The number of hydrogen-bond donors (Lipinski definition) is 1. The highest BCUT2D eigenvalue weighted by atomic mass is 16.5. The van der Waals surface area contributed by atoms with Gasteiger partial charge in [-0.15, -0.1) is 0 Å². The van der Waals surface area contributed by atoms with Crippen molar-refractivity contribution >= 4 is 0 Å². The molecule has 1 heterocycles. The summed E-state index contributed by atoms with van der Waals surface area (Å²) in [4.78, 5) is 2.23. The van der Waals surface area contributed by atoms with Crippen molar-refractivity contribution in [2.24, 2.45) is 17.1 Å². The third-order valence-corrected chi connectivity index (χ3v) is 6.10. The standard InChI is InChI=1S/C24H27N5O2/c1-5-29-9-8-17-18(11-25)23(28)24(13-26,14-27)22(19(17)12-29)16-6-7-20(31-15(2)3)21(10-16)30-4/h6-8,10,15,19,22H,5,9,12,28H2,1-4H3/t19-,22+/m0/s1. The molecule has 31 heavy (non-hydrogen) atoms. The Kier molecular flexibility index (Phi) is 6.25. The van der Waals surface area contributed by atoms with E-state index in [1.54, 1.807) is 13.2 Å². The molecule has 0 radical (unpaired) electrons. The van der Waals surface area contributed by atoms with Crippen LogP contribution in [0.4, 0.5) is 0 Å². The number of likely N-dealkylation sites (N-methyl/N-ethyl adjacent to an activating group) is 1. The Morgan fingerprint density at radius 1 is 1.23 bits per heavy atom. The average molecular weight is 418 g/mol. The zero-order valence-electron chi connectivity index (χ0n) is 18.3. The molecule has 0 aromatic heterocycles. The second kappa shape index (κ2) is 8.72. The van der Waals surface area contributed by atoms with Gasteiger partial charge in [-0.1, -0.05) is 19.1 Å². The van der Waals surface area contributed by atoms with Gasteiger partial charge in [-0.05, 0) is 43.7 Å². The van der Waals surface area contributed by atoms with Crippen molar-refractivity contribution in [3.05, 3.63) is 46.7 Å². The van der Waals surface area contributed by atoms with Crippen LogP contribution >= 0.6 is 0 Å². The quantitative estimate of drug-likeness (QED) is 0.781. The predicted octanol–water partition coefficient (Wildman–Crippen LogP) is 3.23. The molecule has 0 amide bonds. The molecule has 0 bridgehead atoms. The van der Waals surface area contributed by atoms with Gasteiger partial charge in [0.25, 0.3) is 0 Å². The highest BCUT2D eigenvalue weighted by Gasteiger charge is 2.54. The lowest BCUT2D eigenvalue weighted by Gasteiger charge is -2.45. The van der Waals surface area contributed by atoms with E-state index in [1.165, 1.54) is 0 Å². The fraction of sp³-hybridized carbons (Fsp3) is 0.458. The molecule has 1 aromatic rings. The molecule has 2 aliphatic rings. The number of rotatable bonds is 5. The number of hydrogen-bond acceptors (Lipinski definition) is 7. The molecule has 0 spiro atoms. The summed E-state index contributed by atoms with van der Waals surface area (Å²) in [7, 11) is 1.56. The number of fused-ring (bicyclic) bond motifs is 1. The summed E-state index contributed by atoms with van der Waals surface area (Å²) in [6.07, 6.45) is 1.97. The number of nitrogens with two attached hydrogens (primary N) is 1. The third kappa shape index (κ3) is 3.61. The topological polar surface area (TPSA) is 119 Å². The lowest BCUT2D eigenvalue weighted by molar-refractivity contribution is 0.213. The van der Waals surface area contributed by atoms with Crippen LogP contribution in [0.3, 0.4) is 0 Å². The predicted molar refractivity (Wildman–Crippen MR) is 116 cm³/mol. The van der Waals surface area contributed by atoms with Crippen molar-refractivity contribution in [3.63, 3.8) is 0 Å². The van der Waals surface area contributed by atoms with Crippen LogP contribution in [0.5, 0.6) is 11.5 Å². The lowest BCUT2D eigenvalue weighted by Crippen LogP contribution is -2.48. The van der Waals surface area contributed by atoms with E-state index in [2.05, 4.69) is 30.0 Å². The zero-order valence-corrected chi connectivity index (χ0v) is 18.3. The van der Waals surface area contributed by atoms with Gasteiger partial charge in [0.2, 0.25) is 0 Å². The van der Waals surface area contributed by atoms with Gasteiger partial charge in [0, 0.05) is 24.9 Å². The molecule has 0 saturated carbocycles. The minimum atomic E-state index is -1.66. The van der Waals surface area contributed by atoms with Crippen LogP contribution in [0.1, 0.15) is 32.3 Å². The van der Waals surface area contributed by atoms with Crippen LogP contribution < -0.4 is 15.2 Å². The van der Waals surface area contributed by atoms with Crippen LogP contribution in [0.15, 0.2) is 41.1 Å².